The van der Waals surface area contributed by atoms with Gasteiger partial charge in [0.05, 0.1) is 11.0 Å². The van der Waals surface area contributed by atoms with Crippen LogP contribution in [0.4, 0.5) is 5.95 Å². The summed E-state index contributed by atoms with van der Waals surface area (Å²) in [6, 6.07) is 16.3. The molecule has 3 N–H and O–H groups in total. The number of hydrogen-bond acceptors (Lipinski definition) is 6. The molecule has 7 nitrogen and oxygen atoms in total. The summed E-state index contributed by atoms with van der Waals surface area (Å²) in [6.07, 6.45) is 0. The average Bonchev–Trinajstić information content (AvgIpc) is 2.91. The summed E-state index contributed by atoms with van der Waals surface area (Å²) in [5.41, 5.74) is 8.13. The van der Waals surface area contributed by atoms with Crippen molar-refractivity contribution in [3.8, 4) is 23.3 Å². The van der Waals surface area contributed by atoms with Crippen molar-refractivity contribution in [2.24, 2.45) is 0 Å². The maximum atomic E-state index is 9.65. The van der Waals surface area contributed by atoms with E-state index < -0.39 is 0 Å². The maximum absolute atomic E-state index is 9.65. The summed E-state index contributed by atoms with van der Waals surface area (Å²) >= 11 is 0. The number of imidazole rings is 1. The fourth-order valence-electron chi connectivity index (χ4n) is 2.64. The molecule has 0 spiro atoms. The van der Waals surface area contributed by atoms with Gasteiger partial charge in [-0.3, -0.25) is 0 Å². The van der Waals surface area contributed by atoms with Crippen molar-refractivity contribution in [3.63, 3.8) is 0 Å². The lowest BCUT2D eigenvalue weighted by Gasteiger charge is -2.10. The maximum Gasteiger partial charge on any atom is 0.308 e. The number of anilines is 1. The number of phenols is 1. The van der Waals surface area contributed by atoms with E-state index in [1.807, 2.05) is 31.2 Å². The number of hydrogen-bond donors (Lipinski definition) is 2. The third kappa shape index (κ3) is 2.83. The number of nitrogen functional groups attached to an aromatic ring is 1. The highest BCUT2D eigenvalue weighted by molar-refractivity contribution is 5.78. The van der Waals surface area contributed by atoms with Crippen LogP contribution in [0.2, 0.25) is 0 Å². The summed E-state index contributed by atoms with van der Waals surface area (Å²) in [4.78, 5) is 12.9. The standard InChI is InChI=1S/C18H15N5O2/c1-11-9-16(22-17(19)20-11)23-15-8-3-2-7-14(15)21-18(23)25-13-6-4-5-12(24)10-13/h2-10,24H,1H3,(H2,19,20,22). The highest BCUT2D eigenvalue weighted by Crippen LogP contribution is 2.30. The number of aromatic nitrogens is 4. The molecule has 0 amide bonds. The van der Waals surface area contributed by atoms with E-state index in [-0.39, 0.29) is 11.7 Å². The van der Waals surface area contributed by atoms with E-state index in [0.717, 1.165) is 16.7 Å². The Morgan fingerprint density at radius 1 is 1.00 bits per heavy atom. The first-order valence-corrected chi connectivity index (χ1v) is 7.66. The van der Waals surface area contributed by atoms with Crippen LogP contribution in [-0.2, 0) is 0 Å². The molecular weight excluding hydrogens is 318 g/mol. The molecule has 0 saturated carbocycles. The third-order valence-electron chi connectivity index (χ3n) is 3.64. The van der Waals surface area contributed by atoms with Crippen LogP contribution in [-0.4, -0.2) is 24.6 Å². The summed E-state index contributed by atoms with van der Waals surface area (Å²) in [5.74, 6) is 1.32. The molecule has 0 unspecified atom stereocenters. The van der Waals surface area contributed by atoms with E-state index in [1.54, 1.807) is 28.8 Å². The van der Waals surface area contributed by atoms with Crippen molar-refractivity contribution in [1.82, 2.24) is 19.5 Å². The van der Waals surface area contributed by atoms with E-state index >= 15 is 0 Å². The second-order valence-corrected chi connectivity index (χ2v) is 5.54. The Bertz CT molecular complexity index is 1050. The second kappa shape index (κ2) is 5.79. The van der Waals surface area contributed by atoms with Gasteiger partial charge in [-0.25, -0.2) is 9.55 Å². The Morgan fingerprint density at radius 3 is 2.64 bits per heavy atom. The molecule has 4 aromatic rings. The zero-order valence-corrected chi connectivity index (χ0v) is 13.4. The SMILES string of the molecule is Cc1cc(-n2c(Oc3cccc(O)c3)nc3ccccc32)nc(N)n1. The second-order valence-electron chi connectivity index (χ2n) is 5.54. The molecule has 0 fully saturated rings. The molecule has 0 bridgehead atoms. The van der Waals surface area contributed by atoms with Crippen molar-refractivity contribution in [2.75, 3.05) is 5.73 Å². The van der Waals surface area contributed by atoms with Crippen LogP contribution >= 0.6 is 0 Å². The van der Waals surface area contributed by atoms with Gasteiger partial charge < -0.3 is 15.6 Å². The molecule has 2 aromatic carbocycles. The Labute approximate surface area is 143 Å². The molecule has 0 atom stereocenters. The van der Waals surface area contributed by atoms with Crippen molar-refractivity contribution in [1.29, 1.82) is 0 Å². The zero-order chi connectivity index (χ0) is 17.4. The fraction of sp³-hybridized carbons (Fsp3) is 0.0556. The molecular formula is C18H15N5O2. The Hall–Kier alpha value is -3.61. The lowest BCUT2D eigenvalue weighted by atomic mass is 10.3. The molecule has 0 aliphatic heterocycles. The number of nitrogens with zero attached hydrogens (tertiary/aromatic N) is 4. The summed E-state index contributed by atoms with van der Waals surface area (Å²) in [6.45, 7) is 1.84. The van der Waals surface area contributed by atoms with Crippen molar-refractivity contribution in [2.45, 2.75) is 6.92 Å². The predicted molar refractivity (Wildman–Crippen MR) is 94.0 cm³/mol. The van der Waals surface area contributed by atoms with Gasteiger partial charge in [0.1, 0.15) is 17.3 Å². The Balaban J connectivity index is 1.92. The molecule has 0 radical (unpaired) electrons. The number of fused-ring (bicyclic) bond motifs is 1. The van der Waals surface area contributed by atoms with Gasteiger partial charge in [-0.2, -0.15) is 9.97 Å². The number of para-hydroxylation sites is 2. The molecule has 7 heteroatoms. The van der Waals surface area contributed by atoms with Gasteiger partial charge in [-0.05, 0) is 31.2 Å². The van der Waals surface area contributed by atoms with Crippen molar-refractivity contribution < 1.29 is 9.84 Å². The quantitative estimate of drug-likeness (QED) is 0.597. The molecule has 124 valence electrons. The first-order chi connectivity index (χ1) is 12.1. The van der Waals surface area contributed by atoms with E-state index in [1.165, 1.54) is 6.07 Å². The molecule has 0 aliphatic carbocycles. The Kier molecular flexibility index (Phi) is 3.46. The predicted octanol–water partition coefficient (Wildman–Crippen LogP) is 3.20. The monoisotopic (exact) mass is 333 g/mol. The zero-order valence-electron chi connectivity index (χ0n) is 13.4. The van der Waals surface area contributed by atoms with Gasteiger partial charge in [0, 0.05) is 17.8 Å². The smallest absolute Gasteiger partial charge is 0.308 e. The third-order valence-corrected chi connectivity index (χ3v) is 3.64. The lowest BCUT2D eigenvalue weighted by Crippen LogP contribution is -2.05. The summed E-state index contributed by atoms with van der Waals surface area (Å²) in [7, 11) is 0. The number of aryl methyl sites for hydroxylation is 1. The Morgan fingerprint density at radius 2 is 1.84 bits per heavy atom. The topological polar surface area (TPSA) is 99.1 Å². The molecule has 25 heavy (non-hydrogen) atoms. The molecule has 0 saturated heterocycles. The highest BCUT2D eigenvalue weighted by atomic mass is 16.5. The van der Waals surface area contributed by atoms with E-state index in [0.29, 0.717) is 17.6 Å². The van der Waals surface area contributed by atoms with Crippen LogP contribution in [0.5, 0.6) is 17.5 Å². The van der Waals surface area contributed by atoms with Crippen LogP contribution in [0.25, 0.3) is 16.9 Å². The van der Waals surface area contributed by atoms with Gasteiger partial charge >= 0.3 is 6.01 Å². The number of aromatic hydroxyl groups is 1. The van der Waals surface area contributed by atoms with Crippen LogP contribution in [0, 0.1) is 6.92 Å². The van der Waals surface area contributed by atoms with Crippen molar-refractivity contribution in [3.05, 3.63) is 60.3 Å². The summed E-state index contributed by atoms with van der Waals surface area (Å²) in [5, 5.41) is 9.65. The first kappa shape index (κ1) is 14.9. The molecule has 0 aliphatic rings. The number of rotatable bonds is 3. The minimum Gasteiger partial charge on any atom is -0.508 e. The van der Waals surface area contributed by atoms with E-state index in [4.69, 9.17) is 10.5 Å². The lowest BCUT2D eigenvalue weighted by molar-refractivity contribution is 0.426. The van der Waals surface area contributed by atoms with Gasteiger partial charge in [-0.1, -0.05) is 18.2 Å². The summed E-state index contributed by atoms with van der Waals surface area (Å²) < 4.78 is 7.67. The minimum atomic E-state index is 0.113. The first-order valence-electron chi connectivity index (χ1n) is 7.66. The number of phenolic OH excluding ortho intramolecular Hbond substituents is 1. The number of ether oxygens (including phenoxy) is 1. The van der Waals surface area contributed by atoms with Gasteiger partial charge in [0.2, 0.25) is 5.95 Å². The molecule has 4 rings (SSSR count). The van der Waals surface area contributed by atoms with E-state index in [9.17, 15) is 5.11 Å². The largest absolute Gasteiger partial charge is 0.508 e. The number of benzene rings is 2. The normalized spacial score (nSPS) is 10.9. The molecule has 2 heterocycles. The highest BCUT2D eigenvalue weighted by Gasteiger charge is 2.16. The van der Waals surface area contributed by atoms with Crippen molar-refractivity contribution >= 4 is 17.0 Å². The van der Waals surface area contributed by atoms with Crippen LogP contribution < -0.4 is 10.5 Å². The minimum absolute atomic E-state index is 0.113. The fourth-order valence-corrected chi connectivity index (χ4v) is 2.64. The molecule has 2 aromatic heterocycles. The van der Waals surface area contributed by atoms with Crippen LogP contribution in [0.3, 0.4) is 0 Å². The van der Waals surface area contributed by atoms with Gasteiger partial charge in [0.25, 0.3) is 0 Å². The van der Waals surface area contributed by atoms with Gasteiger partial charge in [-0.15, -0.1) is 0 Å². The van der Waals surface area contributed by atoms with Crippen LogP contribution in [0.15, 0.2) is 54.6 Å². The average molecular weight is 333 g/mol. The van der Waals surface area contributed by atoms with Crippen LogP contribution in [0.1, 0.15) is 5.69 Å². The van der Waals surface area contributed by atoms with E-state index in [2.05, 4.69) is 15.0 Å². The van der Waals surface area contributed by atoms with Gasteiger partial charge in [0.15, 0.2) is 0 Å². The number of nitrogens with two attached hydrogens (primary N) is 1.